The van der Waals surface area contributed by atoms with Gasteiger partial charge in [0.15, 0.2) is 0 Å². The van der Waals surface area contributed by atoms with Gasteiger partial charge < -0.3 is 10.5 Å². The first-order valence-electron chi connectivity index (χ1n) is 8.13. The lowest BCUT2D eigenvalue weighted by Gasteiger charge is -2.10. The van der Waals surface area contributed by atoms with Crippen LogP contribution in [0.2, 0.25) is 0 Å². The van der Waals surface area contributed by atoms with E-state index >= 15 is 0 Å². The summed E-state index contributed by atoms with van der Waals surface area (Å²) in [5, 5.41) is 12.7. The zero-order valence-corrected chi connectivity index (χ0v) is 15.2. The van der Waals surface area contributed by atoms with Crippen LogP contribution in [-0.4, -0.2) is 14.3 Å². The molecule has 0 saturated carbocycles. The number of sulfonamides is 1. The van der Waals surface area contributed by atoms with Crippen LogP contribution in [0.4, 0.5) is 0 Å². The Morgan fingerprint density at radius 2 is 1.56 bits per heavy atom. The Balaban J connectivity index is 1.74. The van der Waals surface area contributed by atoms with Crippen molar-refractivity contribution in [2.75, 3.05) is 0 Å². The van der Waals surface area contributed by atoms with Gasteiger partial charge in [-0.15, -0.1) is 0 Å². The molecule has 6 nitrogen and oxygen atoms in total. The molecule has 0 aliphatic heterocycles. The molecule has 3 aromatic rings. The normalized spacial score (nSPS) is 11.1. The third-order valence-electron chi connectivity index (χ3n) is 4.03. The zero-order chi connectivity index (χ0) is 19.4. The molecule has 0 fully saturated rings. The summed E-state index contributed by atoms with van der Waals surface area (Å²) in [6.45, 7) is 0.366. The van der Waals surface area contributed by atoms with Crippen LogP contribution in [0.25, 0.3) is 11.1 Å². The Morgan fingerprint density at radius 1 is 0.926 bits per heavy atom. The molecule has 0 unspecified atom stereocenters. The Labute approximate surface area is 158 Å². The van der Waals surface area contributed by atoms with Gasteiger partial charge >= 0.3 is 0 Å². The molecule has 0 radical (unpaired) electrons. The highest BCUT2D eigenvalue weighted by Gasteiger charge is 2.14. The molecule has 5 N–H and O–H groups in total. The van der Waals surface area contributed by atoms with E-state index in [1.807, 2.05) is 12.1 Å². The van der Waals surface area contributed by atoms with Crippen molar-refractivity contribution in [1.29, 1.82) is 5.41 Å². The van der Waals surface area contributed by atoms with Crippen molar-refractivity contribution >= 4 is 15.9 Å². The summed E-state index contributed by atoms with van der Waals surface area (Å²) in [4.78, 5) is 0.0872. The van der Waals surface area contributed by atoms with E-state index in [0.717, 1.165) is 11.1 Å². The maximum atomic E-state index is 11.8. The largest absolute Gasteiger partial charge is 0.489 e. The Bertz CT molecular complexity index is 1060. The molecule has 0 spiro atoms. The fourth-order valence-corrected chi connectivity index (χ4v) is 3.39. The number of hydrogen-bond donors (Lipinski definition) is 3. The molecule has 0 aliphatic rings. The monoisotopic (exact) mass is 381 g/mol. The SMILES string of the molecule is N=C(N)c1ccc(COc2ccc(-c3ccccc3S(N)(=O)=O)cc2)cc1. The molecular formula is C20H19N3O3S. The molecule has 0 heterocycles. The summed E-state index contributed by atoms with van der Waals surface area (Å²) in [5.74, 6) is 0.681. The van der Waals surface area contributed by atoms with Crippen molar-refractivity contribution < 1.29 is 13.2 Å². The minimum absolute atomic E-state index is 0.0258. The number of primary sulfonamides is 1. The maximum Gasteiger partial charge on any atom is 0.238 e. The second kappa shape index (κ2) is 7.61. The van der Waals surface area contributed by atoms with Gasteiger partial charge in [-0.25, -0.2) is 13.6 Å². The average molecular weight is 381 g/mol. The number of nitrogen functional groups attached to an aromatic ring is 1. The van der Waals surface area contributed by atoms with Crippen LogP contribution >= 0.6 is 0 Å². The third-order valence-corrected chi connectivity index (χ3v) is 5.00. The molecule has 0 aromatic heterocycles. The van der Waals surface area contributed by atoms with Crippen LogP contribution in [0.5, 0.6) is 5.75 Å². The van der Waals surface area contributed by atoms with E-state index in [9.17, 15) is 8.42 Å². The molecule has 3 rings (SSSR count). The third kappa shape index (κ3) is 4.52. The van der Waals surface area contributed by atoms with E-state index in [4.69, 9.17) is 21.0 Å². The number of rotatable bonds is 6. The average Bonchev–Trinajstić information content (AvgIpc) is 2.66. The van der Waals surface area contributed by atoms with E-state index in [1.165, 1.54) is 6.07 Å². The van der Waals surface area contributed by atoms with E-state index in [-0.39, 0.29) is 10.7 Å². The minimum atomic E-state index is -3.80. The van der Waals surface area contributed by atoms with Crippen molar-refractivity contribution in [3.63, 3.8) is 0 Å². The Hall–Kier alpha value is -3.16. The van der Waals surface area contributed by atoms with E-state index in [0.29, 0.717) is 23.5 Å². The van der Waals surface area contributed by atoms with Gasteiger partial charge in [-0.05, 0) is 29.3 Å². The summed E-state index contributed by atoms with van der Waals surface area (Å²) in [6.07, 6.45) is 0. The lowest BCUT2D eigenvalue weighted by Crippen LogP contribution is -2.13. The fraction of sp³-hybridized carbons (Fsp3) is 0.0500. The topological polar surface area (TPSA) is 119 Å². The van der Waals surface area contributed by atoms with E-state index in [2.05, 4.69) is 0 Å². The number of amidine groups is 1. The van der Waals surface area contributed by atoms with Crippen molar-refractivity contribution in [2.24, 2.45) is 10.9 Å². The highest BCUT2D eigenvalue weighted by atomic mass is 32.2. The van der Waals surface area contributed by atoms with E-state index in [1.54, 1.807) is 54.6 Å². The smallest absolute Gasteiger partial charge is 0.238 e. The summed E-state index contributed by atoms with van der Waals surface area (Å²) in [6, 6.07) is 21.0. The van der Waals surface area contributed by atoms with Gasteiger partial charge in [0, 0.05) is 11.1 Å². The predicted molar refractivity (Wildman–Crippen MR) is 105 cm³/mol. The molecule has 7 heteroatoms. The van der Waals surface area contributed by atoms with Crippen LogP contribution in [0.15, 0.2) is 77.7 Å². The molecule has 138 valence electrons. The van der Waals surface area contributed by atoms with Crippen molar-refractivity contribution in [2.45, 2.75) is 11.5 Å². The van der Waals surface area contributed by atoms with Crippen LogP contribution in [0.1, 0.15) is 11.1 Å². The summed E-state index contributed by atoms with van der Waals surface area (Å²) in [5.41, 5.74) is 8.33. The highest BCUT2D eigenvalue weighted by Crippen LogP contribution is 2.28. The first kappa shape index (κ1) is 18.6. The lowest BCUT2D eigenvalue weighted by molar-refractivity contribution is 0.306. The van der Waals surface area contributed by atoms with Crippen LogP contribution in [0.3, 0.4) is 0 Å². The van der Waals surface area contributed by atoms with Crippen LogP contribution in [-0.2, 0) is 16.6 Å². The molecule has 0 bridgehead atoms. The second-order valence-electron chi connectivity index (χ2n) is 5.96. The Morgan fingerprint density at radius 3 is 2.15 bits per heavy atom. The summed E-state index contributed by atoms with van der Waals surface area (Å²) >= 11 is 0. The number of hydrogen-bond acceptors (Lipinski definition) is 4. The lowest BCUT2D eigenvalue weighted by atomic mass is 10.1. The quantitative estimate of drug-likeness (QED) is 0.449. The second-order valence-corrected chi connectivity index (χ2v) is 7.49. The molecular weight excluding hydrogens is 362 g/mol. The molecule has 27 heavy (non-hydrogen) atoms. The van der Waals surface area contributed by atoms with Gasteiger partial charge in [0.1, 0.15) is 18.2 Å². The van der Waals surface area contributed by atoms with Gasteiger partial charge in [0.25, 0.3) is 0 Å². The zero-order valence-electron chi connectivity index (χ0n) is 14.4. The van der Waals surface area contributed by atoms with Gasteiger partial charge in [0.2, 0.25) is 10.0 Å². The highest BCUT2D eigenvalue weighted by molar-refractivity contribution is 7.89. The number of nitrogens with one attached hydrogen (secondary N) is 1. The molecule has 0 saturated heterocycles. The molecule has 3 aromatic carbocycles. The first-order chi connectivity index (χ1) is 12.8. The van der Waals surface area contributed by atoms with Gasteiger partial charge in [-0.2, -0.15) is 0 Å². The van der Waals surface area contributed by atoms with Gasteiger partial charge in [0.05, 0.1) is 4.90 Å². The van der Waals surface area contributed by atoms with Crippen molar-refractivity contribution in [1.82, 2.24) is 0 Å². The minimum Gasteiger partial charge on any atom is -0.489 e. The van der Waals surface area contributed by atoms with Gasteiger partial charge in [-0.1, -0.05) is 54.6 Å². The van der Waals surface area contributed by atoms with E-state index < -0.39 is 10.0 Å². The Kier molecular flexibility index (Phi) is 5.25. The molecule has 0 atom stereocenters. The number of ether oxygens (including phenoxy) is 1. The number of nitrogens with two attached hydrogens (primary N) is 2. The van der Waals surface area contributed by atoms with Crippen molar-refractivity contribution in [3.05, 3.63) is 83.9 Å². The van der Waals surface area contributed by atoms with Gasteiger partial charge in [-0.3, -0.25) is 5.41 Å². The molecule has 0 amide bonds. The fourth-order valence-electron chi connectivity index (χ4n) is 2.63. The summed E-state index contributed by atoms with van der Waals surface area (Å²) in [7, 11) is -3.80. The van der Waals surface area contributed by atoms with Crippen molar-refractivity contribution in [3.8, 4) is 16.9 Å². The first-order valence-corrected chi connectivity index (χ1v) is 9.67. The van der Waals surface area contributed by atoms with Crippen LogP contribution in [0, 0.1) is 5.41 Å². The standard InChI is InChI=1S/C20H19N3O3S/c21-20(22)16-7-5-14(6-8-16)13-26-17-11-9-15(10-12-17)18-3-1-2-4-19(18)27(23,24)25/h1-12H,13H2,(H3,21,22)(H2,23,24,25). The predicted octanol–water partition coefficient (Wildman–Crippen LogP) is 2.86. The summed E-state index contributed by atoms with van der Waals surface area (Å²) < 4.78 is 29.3. The molecule has 0 aliphatic carbocycles. The van der Waals surface area contributed by atoms with Crippen LogP contribution < -0.4 is 15.6 Å². The number of benzene rings is 3. The maximum absolute atomic E-state index is 11.8.